The fraction of sp³-hybridized carbons (Fsp3) is 0.700. The molecule has 0 aromatic rings. The summed E-state index contributed by atoms with van der Waals surface area (Å²) < 4.78 is 0. The molecule has 4 heteroatoms. The zero-order chi connectivity index (χ0) is 10.6. The van der Waals surface area contributed by atoms with Gasteiger partial charge in [0.15, 0.2) is 0 Å². The quantitative estimate of drug-likeness (QED) is 0.646. The highest BCUT2D eigenvalue weighted by Gasteiger charge is 2.25. The Kier molecular flexibility index (Phi) is 3.95. The third-order valence-corrected chi connectivity index (χ3v) is 2.72. The SMILES string of the molecule is CC1CC(CN/C=C/C(=O)O)CN1C. The minimum absolute atomic E-state index is 0.633. The summed E-state index contributed by atoms with van der Waals surface area (Å²) in [6.07, 6.45) is 3.82. The Morgan fingerprint density at radius 1 is 1.71 bits per heavy atom. The van der Waals surface area contributed by atoms with E-state index in [1.807, 2.05) is 0 Å². The molecule has 0 saturated carbocycles. The third kappa shape index (κ3) is 3.38. The van der Waals surface area contributed by atoms with Crippen molar-refractivity contribution in [1.29, 1.82) is 0 Å². The van der Waals surface area contributed by atoms with Gasteiger partial charge >= 0.3 is 5.97 Å². The van der Waals surface area contributed by atoms with Gasteiger partial charge in [-0.3, -0.25) is 0 Å². The maximum absolute atomic E-state index is 10.2. The Balaban J connectivity index is 2.17. The summed E-state index contributed by atoms with van der Waals surface area (Å²) in [4.78, 5) is 12.5. The van der Waals surface area contributed by atoms with Crippen molar-refractivity contribution in [3.63, 3.8) is 0 Å². The average Bonchev–Trinajstić information content (AvgIpc) is 2.40. The summed E-state index contributed by atoms with van der Waals surface area (Å²) >= 11 is 0. The number of carboxylic acid groups (broad SMARTS) is 1. The van der Waals surface area contributed by atoms with E-state index in [-0.39, 0.29) is 0 Å². The van der Waals surface area contributed by atoms with E-state index in [1.54, 1.807) is 0 Å². The van der Waals surface area contributed by atoms with Gasteiger partial charge in [-0.25, -0.2) is 4.79 Å². The number of hydrogen-bond donors (Lipinski definition) is 2. The van der Waals surface area contributed by atoms with Gasteiger partial charge < -0.3 is 15.3 Å². The predicted molar refractivity (Wildman–Crippen MR) is 55.0 cm³/mol. The van der Waals surface area contributed by atoms with E-state index in [0.717, 1.165) is 19.2 Å². The second-order valence-corrected chi connectivity index (χ2v) is 3.97. The van der Waals surface area contributed by atoms with Crippen LogP contribution in [0.15, 0.2) is 12.3 Å². The van der Waals surface area contributed by atoms with Crippen LogP contribution in [0, 0.1) is 5.92 Å². The van der Waals surface area contributed by atoms with Crippen LogP contribution >= 0.6 is 0 Å². The van der Waals surface area contributed by atoms with Crippen molar-refractivity contribution in [2.45, 2.75) is 19.4 Å². The minimum atomic E-state index is -0.908. The Hall–Kier alpha value is -1.03. The molecule has 1 aliphatic rings. The lowest BCUT2D eigenvalue weighted by Crippen LogP contribution is -2.23. The highest BCUT2D eigenvalue weighted by molar-refractivity contribution is 5.79. The van der Waals surface area contributed by atoms with Gasteiger partial charge in [-0.1, -0.05) is 0 Å². The van der Waals surface area contributed by atoms with Crippen molar-refractivity contribution < 1.29 is 9.90 Å². The van der Waals surface area contributed by atoms with Crippen molar-refractivity contribution in [2.24, 2.45) is 5.92 Å². The Labute approximate surface area is 84.6 Å². The van der Waals surface area contributed by atoms with Crippen LogP contribution in [-0.4, -0.2) is 42.2 Å². The number of carbonyl (C=O) groups is 1. The van der Waals surface area contributed by atoms with Gasteiger partial charge in [0.1, 0.15) is 0 Å². The van der Waals surface area contributed by atoms with Crippen molar-refractivity contribution in [1.82, 2.24) is 10.2 Å². The first-order valence-electron chi connectivity index (χ1n) is 4.92. The Bertz CT molecular complexity index is 218. The fourth-order valence-corrected chi connectivity index (χ4v) is 1.84. The normalized spacial score (nSPS) is 28.4. The number of aliphatic carboxylic acids is 1. The second kappa shape index (κ2) is 5.00. The molecule has 1 aliphatic heterocycles. The number of nitrogens with zero attached hydrogens (tertiary/aromatic N) is 1. The molecule has 1 rings (SSSR count). The summed E-state index contributed by atoms with van der Waals surface area (Å²) in [5.74, 6) is -0.275. The molecule has 0 amide bonds. The van der Waals surface area contributed by atoms with E-state index in [4.69, 9.17) is 5.11 Å². The fourth-order valence-electron chi connectivity index (χ4n) is 1.84. The standard InChI is InChI=1S/C10H18N2O2/c1-8-5-9(7-12(8)2)6-11-4-3-10(13)14/h3-4,8-9,11H,5-7H2,1-2H3,(H,13,14)/b4-3+. The average molecular weight is 198 g/mol. The highest BCUT2D eigenvalue weighted by Crippen LogP contribution is 2.19. The van der Waals surface area contributed by atoms with E-state index < -0.39 is 5.97 Å². The lowest BCUT2D eigenvalue weighted by molar-refractivity contribution is -0.131. The summed E-state index contributed by atoms with van der Waals surface area (Å²) in [7, 11) is 2.12. The van der Waals surface area contributed by atoms with Crippen molar-refractivity contribution in [3.8, 4) is 0 Å². The van der Waals surface area contributed by atoms with Crippen LogP contribution in [0.1, 0.15) is 13.3 Å². The van der Waals surface area contributed by atoms with Crippen LogP contribution in [0.4, 0.5) is 0 Å². The van der Waals surface area contributed by atoms with Gasteiger partial charge in [0.2, 0.25) is 0 Å². The van der Waals surface area contributed by atoms with Gasteiger partial charge in [-0.05, 0) is 26.3 Å². The lowest BCUT2D eigenvalue weighted by atomic mass is 10.1. The molecule has 0 radical (unpaired) electrons. The molecular weight excluding hydrogens is 180 g/mol. The van der Waals surface area contributed by atoms with Crippen molar-refractivity contribution in [2.75, 3.05) is 20.1 Å². The topological polar surface area (TPSA) is 52.6 Å². The van der Waals surface area contributed by atoms with Gasteiger partial charge in [-0.15, -0.1) is 0 Å². The molecule has 2 unspecified atom stereocenters. The van der Waals surface area contributed by atoms with Gasteiger partial charge in [0, 0.05) is 31.4 Å². The monoisotopic (exact) mass is 198 g/mol. The molecule has 4 nitrogen and oxygen atoms in total. The van der Waals surface area contributed by atoms with Crippen LogP contribution in [0.2, 0.25) is 0 Å². The molecule has 1 heterocycles. The lowest BCUT2D eigenvalue weighted by Gasteiger charge is -2.12. The summed E-state index contributed by atoms with van der Waals surface area (Å²) in [5.41, 5.74) is 0. The summed E-state index contributed by atoms with van der Waals surface area (Å²) in [6.45, 7) is 4.17. The molecule has 1 fully saturated rings. The first-order valence-corrected chi connectivity index (χ1v) is 4.92. The number of likely N-dealkylation sites (tertiary alicyclic amines) is 1. The Morgan fingerprint density at radius 2 is 2.43 bits per heavy atom. The molecule has 1 saturated heterocycles. The van der Waals surface area contributed by atoms with Crippen LogP contribution in [-0.2, 0) is 4.79 Å². The van der Waals surface area contributed by atoms with Crippen molar-refractivity contribution >= 4 is 5.97 Å². The van der Waals surface area contributed by atoms with Crippen molar-refractivity contribution in [3.05, 3.63) is 12.3 Å². The minimum Gasteiger partial charge on any atom is -0.478 e. The molecule has 0 aliphatic carbocycles. The van der Waals surface area contributed by atoms with E-state index in [9.17, 15) is 4.79 Å². The first-order chi connectivity index (χ1) is 6.59. The molecule has 0 spiro atoms. The van der Waals surface area contributed by atoms with Gasteiger partial charge in [0.05, 0.1) is 0 Å². The smallest absolute Gasteiger partial charge is 0.329 e. The third-order valence-electron chi connectivity index (χ3n) is 2.72. The largest absolute Gasteiger partial charge is 0.478 e. The van der Waals surface area contributed by atoms with Crippen LogP contribution in [0.25, 0.3) is 0 Å². The van der Waals surface area contributed by atoms with Crippen LogP contribution in [0.5, 0.6) is 0 Å². The Morgan fingerprint density at radius 3 is 2.93 bits per heavy atom. The molecule has 0 aromatic heterocycles. The van der Waals surface area contributed by atoms with Crippen LogP contribution in [0.3, 0.4) is 0 Å². The molecule has 0 bridgehead atoms. The number of carboxylic acids is 1. The molecule has 80 valence electrons. The highest BCUT2D eigenvalue weighted by atomic mass is 16.4. The molecule has 2 N–H and O–H groups in total. The molecular formula is C10H18N2O2. The maximum atomic E-state index is 10.2. The summed E-state index contributed by atoms with van der Waals surface area (Å²) in [6, 6.07) is 0.644. The number of hydrogen-bond acceptors (Lipinski definition) is 3. The second-order valence-electron chi connectivity index (χ2n) is 3.97. The van der Waals surface area contributed by atoms with Gasteiger partial charge in [-0.2, -0.15) is 0 Å². The zero-order valence-electron chi connectivity index (χ0n) is 8.73. The molecule has 14 heavy (non-hydrogen) atoms. The van der Waals surface area contributed by atoms with E-state index in [2.05, 4.69) is 24.2 Å². The number of rotatable bonds is 4. The summed E-state index contributed by atoms with van der Waals surface area (Å²) in [5, 5.41) is 11.4. The first kappa shape index (κ1) is 11.0. The molecule has 2 atom stereocenters. The molecule has 0 aromatic carbocycles. The zero-order valence-corrected chi connectivity index (χ0v) is 8.73. The van der Waals surface area contributed by atoms with Crippen LogP contribution < -0.4 is 5.32 Å². The number of nitrogens with one attached hydrogen (secondary N) is 1. The van der Waals surface area contributed by atoms with E-state index in [1.165, 1.54) is 12.6 Å². The van der Waals surface area contributed by atoms with Gasteiger partial charge in [0.25, 0.3) is 0 Å². The maximum Gasteiger partial charge on any atom is 0.329 e. The van der Waals surface area contributed by atoms with E-state index in [0.29, 0.717) is 12.0 Å². The van der Waals surface area contributed by atoms with E-state index >= 15 is 0 Å². The predicted octanol–water partition coefficient (Wildman–Crippen LogP) is 0.515.